The summed E-state index contributed by atoms with van der Waals surface area (Å²) in [6.45, 7) is 4.27. The molecule has 0 saturated heterocycles. The lowest BCUT2D eigenvalue weighted by Crippen LogP contribution is -2.41. The third-order valence-electron chi connectivity index (χ3n) is 2.67. The van der Waals surface area contributed by atoms with Crippen molar-refractivity contribution in [2.75, 3.05) is 11.4 Å². The molecule has 0 fully saturated rings. The summed E-state index contributed by atoms with van der Waals surface area (Å²) in [7, 11) is 0. The normalized spacial score (nSPS) is 12.2. The summed E-state index contributed by atoms with van der Waals surface area (Å²) in [6.07, 6.45) is 1.22. The summed E-state index contributed by atoms with van der Waals surface area (Å²) >= 11 is 0. The van der Waals surface area contributed by atoms with Gasteiger partial charge in [0.25, 0.3) is 0 Å². The van der Waals surface area contributed by atoms with Crippen molar-refractivity contribution < 1.29 is 14.3 Å². The first kappa shape index (κ1) is 13.5. The molecule has 0 spiro atoms. The van der Waals surface area contributed by atoms with E-state index in [9.17, 15) is 9.18 Å². The number of carboxylic acid groups (broad SMARTS) is 1. The molecule has 17 heavy (non-hydrogen) atoms. The number of benzene rings is 1. The van der Waals surface area contributed by atoms with Gasteiger partial charge >= 0.3 is 5.97 Å². The fourth-order valence-corrected chi connectivity index (χ4v) is 1.90. The van der Waals surface area contributed by atoms with Gasteiger partial charge in [-0.15, -0.1) is 0 Å². The Morgan fingerprint density at radius 2 is 2.06 bits per heavy atom. The fraction of sp³-hybridized carbons (Fsp3) is 0.462. The monoisotopic (exact) mass is 239 g/mol. The maximum Gasteiger partial charge on any atom is 0.326 e. The van der Waals surface area contributed by atoms with Crippen molar-refractivity contribution in [3.63, 3.8) is 0 Å². The average molecular weight is 239 g/mol. The van der Waals surface area contributed by atoms with Gasteiger partial charge in [0.2, 0.25) is 0 Å². The topological polar surface area (TPSA) is 40.5 Å². The molecule has 0 aliphatic rings. The molecule has 1 atom stereocenters. The third-order valence-corrected chi connectivity index (χ3v) is 2.67. The molecule has 0 saturated carbocycles. The molecule has 3 nitrogen and oxygen atoms in total. The molecule has 0 aliphatic heterocycles. The van der Waals surface area contributed by atoms with E-state index in [-0.39, 0.29) is 5.82 Å². The Bertz CT molecular complexity index is 381. The SMILES string of the molecule is CCCN(c1ccccc1F)[C@@H](CC)C(=O)O. The second kappa shape index (κ2) is 6.23. The van der Waals surface area contributed by atoms with Gasteiger partial charge in [0.1, 0.15) is 11.9 Å². The lowest BCUT2D eigenvalue weighted by molar-refractivity contribution is -0.138. The van der Waals surface area contributed by atoms with E-state index < -0.39 is 12.0 Å². The second-order valence-electron chi connectivity index (χ2n) is 3.91. The van der Waals surface area contributed by atoms with E-state index >= 15 is 0 Å². The molecule has 0 aromatic heterocycles. The third kappa shape index (κ3) is 3.19. The number of anilines is 1. The first-order valence-electron chi connectivity index (χ1n) is 5.85. The van der Waals surface area contributed by atoms with Crippen molar-refractivity contribution in [3.05, 3.63) is 30.1 Å². The molecule has 1 aromatic rings. The highest BCUT2D eigenvalue weighted by Gasteiger charge is 2.25. The van der Waals surface area contributed by atoms with Crippen LogP contribution >= 0.6 is 0 Å². The highest BCUT2D eigenvalue weighted by atomic mass is 19.1. The molecule has 1 aromatic carbocycles. The predicted molar refractivity (Wildman–Crippen MR) is 65.8 cm³/mol. The number of halogens is 1. The lowest BCUT2D eigenvalue weighted by atomic mass is 10.1. The first-order chi connectivity index (χ1) is 8.11. The zero-order chi connectivity index (χ0) is 12.8. The minimum atomic E-state index is -0.913. The van der Waals surface area contributed by atoms with Gasteiger partial charge in [-0.1, -0.05) is 26.0 Å². The van der Waals surface area contributed by atoms with E-state index in [0.717, 1.165) is 6.42 Å². The van der Waals surface area contributed by atoms with Crippen molar-refractivity contribution in [1.82, 2.24) is 0 Å². The molecule has 0 unspecified atom stereocenters. The molecule has 0 bridgehead atoms. The van der Waals surface area contributed by atoms with Gasteiger partial charge in [-0.2, -0.15) is 0 Å². The zero-order valence-electron chi connectivity index (χ0n) is 10.2. The summed E-state index contributed by atoms with van der Waals surface area (Å²) < 4.78 is 13.7. The Kier molecular flexibility index (Phi) is 4.94. The summed E-state index contributed by atoms with van der Waals surface area (Å²) in [5.74, 6) is -1.29. The van der Waals surface area contributed by atoms with Crippen molar-refractivity contribution in [2.45, 2.75) is 32.7 Å². The minimum absolute atomic E-state index is 0.364. The molecule has 0 amide bonds. The van der Waals surface area contributed by atoms with E-state index in [1.165, 1.54) is 6.07 Å². The summed E-state index contributed by atoms with van der Waals surface area (Å²) in [4.78, 5) is 12.8. The number of carbonyl (C=O) groups is 1. The number of para-hydroxylation sites is 1. The van der Waals surface area contributed by atoms with E-state index in [4.69, 9.17) is 5.11 Å². The van der Waals surface area contributed by atoms with E-state index in [1.54, 1.807) is 30.0 Å². The quantitative estimate of drug-likeness (QED) is 0.829. The molecular formula is C13H18FNO2. The number of hydrogen-bond donors (Lipinski definition) is 1. The first-order valence-corrected chi connectivity index (χ1v) is 5.85. The van der Waals surface area contributed by atoms with Crippen molar-refractivity contribution in [3.8, 4) is 0 Å². The molecule has 0 heterocycles. The van der Waals surface area contributed by atoms with Gasteiger partial charge in [-0.3, -0.25) is 0 Å². The van der Waals surface area contributed by atoms with E-state index in [0.29, 0.717) is 18.7 Å². The van der Waals surface area contributed by atoms with Gasteiger partial charge in [0.15, 0.2) is 0 Å². The molecule has 1 N–H and O–H groups in total. The second-order valence-corrected chi connectivity index (χ2v) is 3.91. The van der Waals surface area contributed by atoms with Crippen molar-refractivity contribution in [1.29, 1.82) is 0 Å². The summed E-state index contributed by atoms with van der Waals surface area (Å²) in [6, 6.07) is 5.62. The summed E-state index contributed by atoms with van der Waals surface area (Å²) in [5.41, 5.74) is 0.364. The number of hydrogen-bond acceptors (Lipinski definition) is 2. The van der Waals surface area contributed by atoms with Crippen LogP contribution in [0.25, 0.3) is 0 Å². The molecule has 1 rings (SSSR count). The lowest BCUT2D eigenvalue weighted by Gasteiger charge is -2.30. The zero-order valence-corrected chi connectivity index (χ0v) is 10.2. The van der Waals surface area contributed by atoms with Gasteiger partial charge in [-0.25, -0.2) is 9.18 Å². The Morgan fingerprint density at radius 1 is 1.41 bits per heavy atom. The van der Waals surface area contributed by atoms with Gasteiger partial charge in [0, 0.05) is 6.54 Å². The Balaban J connectivity index is 3.08. The van der Waals surface area contributed by atoms with E-state index in [2.05, 4.69) is 0 Å². The van der Waals surface area contributed by atoms with Crippen LogP contribution in [-0.4, -0.2) is 23.7 Å². The van der Waals surface area contributed by atoms with Crippen LogP contribution < -0.4 is 4.90 Å². The standard InChI is InChI=1S/C13H18FNO2/c1-3-9-15(11(4-2)13(16)17)12-8-6-5-7-10(12)14/h5-8,11H,3-4,9H2,1-2H3,(H,16,17)/t11-/m0/s1. The van der Waals surface area contributed by atoms with Crippen LogP contribution in [0.15, 0.2) is 24.3 Å². The van der Waals surface area contributed by atoms with Gasteiger partial charge < -0.3 is 10.0 Å². The van der Waals surface area contributed by atoms with Crippen LogP contribution in [0.2, 0.25) is 0 Å². The Morgan fingerprint density at radius 3 is 2.53 bits per heavy atom. The maximum absolute atomic E-state index is 13.7. The molecule has 0 aliphatic carbocycles. The molecular weight excluding hydrogens is 221 g/mol. The number of carboxylic acids is 1. The summed E-state index contributed by atoms with van der Waals surface area (Å²) in [5, 5.41) is 9.16. The maximum atomic E-state index is 13.7. The molecule has 94 valence electrons. The Hall–Kier alpha value is -1.58. The number of aliphatic carboxylic acids is 1. The average Bonchev–Trinajstić information content (AvgIpc) is 2.29. The largest absolute Gasteiger partial charge is 0.480 e. The molecule has 0 radical (unpaired) electrons. The number of rotatable bonds is 6. The van der Waals surface area contributed by atoms with Crippen LogP contribution in [0.4, 0.5) is 10.1 Å². The van der Waals surface area contributed by atoms with Gasteiger partial charge in [-0.05, 0) is 25.0 Å². The Labute approximate surface area is 101 Å². The fourth-order valence-electron chi connectivity index (χ4n) is 1.90. The van der Waals surface area contributed by atoms with Gasteiger partial charge in [0.05, 0.1) is 5.69 Å². The highest BCUT2D eigenvalue weighted by molar-refractivity contribution is 5.78. The van der Waals surface area contributed by atoms with E-state index in [1.807, 2.05) is 6.92 Å². The highest BCUT2D eigenvalue weighted by Crippen LogP contribution is 2.22. The number of nitrogens with zero attached hydrogens (tertiary/aromatic N) is 1. The minimum Gasteiger partial charge on any atom is -0.480 e. The smallest absolute Gasteiger partial charge is 0.326 e. The molecule has 4 heteroatoms. The van der Waals surface area contributed by atoms with Crippen molar-refractivity contribution in [2.24, 2.45) is 0 Å². The van der Waals surface area contributed by atoms with Crippen LogP contribution in [-0.2, 0) is 4.79 Å². The predicted octanol–water partition coefficient (Wildman–Crippen LogP) is 2.91. The van der Waals surface area contributed by atoms with Crippen LogP contribution in [0.1, 0.15) is 26.7 Å². The van der Waals surface area contributed by atoms with Crippen LogP contribution in [0.5, 0.6) is 0 Å². The van der Waals surface area contributed by atoms with Crippen LogP contribution in [0.3, 0.4) is 0 Å². The van der Waals surface area contributed by atoms with Crippen LogP contribution in [0, 0.1) is 5.82 Å². The van der Waals surface area contributed by atoms with Crippen molar-refractivity contribution >= 4 is 11.7 Å².